The van der Waals surface area contributed by atoms with Crippen LogP contribution in [0, 0.1) is 5.92 Å². The Morgan fingerprint density at radius 1 is 1.44 bits per heavy atom. The molecule has 2 nitrogen and oxygen atoms in total. The predicted molar refractivity (Wildman–Crippen MR) is 70.8 cm³/mol. The molecule has 0 radical (unpaired) electrons. The molecule has 16 heavy (non-hydrogen) atoms. The minimum atomic E-state index is 0.786. The fourth-order valence-corrected chi connectivity index (χ4v) is 2.64. The molecule has 1 atom stereocenters. The van der Waals surface area contributed by atoms with Gasteiger partial charge in [-0.15, -0.1) is 0 Å². The van der Waals surface area contributed by atoms with Gasteiger partial charge in [0.05, 0.1) is 0 Å². The van der Waals surface area contributed by atoms with Gasteiger partial charge < -0.3 is 10.6 Å². The maximum absolute atomic E-state index is 5.81. The largest absolute Gasteiger partial charge is 0.399 e. The number of nitrogens with two attached hydrogens (primary N) is 1. The minimum absolute atomic E-state index is 0.786. The summed E-state index contributed by atoms with van der Waals surface area (Å²) >= 11 is 0. The first-order chi connectivity index (χ1) is 7.70. The van der Waals surface area contributed by atoms with Gasteiger partial charge in [-0.25, -0.2) is 0 Å². The lowest BCUT2D eigenvalue weighted by Crippen LogP contribution is -2.26. The number of nitrogen functional groups attached to an aromatic ring is 1. The smallest absolute Gasteiger partial charge is 0.0401 e. The molecule has 0 saturated heterocycles. The van der Waals surface area contributed by atoms with Gasteiger partial charge in [0.2, 0.25) is 0 Å². The molecule has 1 aromatic rings. The van der Waals surface area contributed by atoms with Crippen LogP contribution in [0.5, 0.6) is 0 Å². The van der Waals surface area contributed by atoms with Crippen molar-refractivity contribution in [3.63, 3.8) is 0 Å². The topological polar surface area (TPSA) is 29.3 Å². The normalized spacial score (nSPS) is 16.2. The van der Waals surface area contributed by atoms with E-state index in [0.717, 1.165) is 24.6 Å². The summed E-state index contributed by atoms with van der Waals surface area (Å²) in [6, 6.07) is 6.32. The molecule has 1 heterocycles. The van der Waals surface area contributed by atoms with E-state index in [2.05, 4.69) is 30.9 Å². The van der Waals surface area contributed by atoms with E-state index in [9.17, 15) is 0 Å². The van der Waals surface area contributed by atoms with Gasteiger partial charge in [-0.05, 0) is 42.5 Å². The van der Waals surface area contributed by atoms with Gasteiger partial charge in [0.15, 0.2) is 0 Å². The molecule has 1 aliphatic heterocycles. The van der Waals surface area contributed by atoms with Gasteiger partial charge in [0, 0.05) is 24.5 Å². The molecule has 2 rings (SSSR count). The molecule has 0 amide bonds. The van der Waals surface area contributed by atoms with Crippen LogP contribution in [0.4, 0.5) is 11.4 Å². The van der Waals surface area contributed by atoms with E-state index in [4.69, 9.17) is 5.73 Å². The highest BCUT2D eigenvalue weighted by atomic mass is 15.1. The van der Waals surface area contributed by atoms with E-state index < -0.39 is 0 Å². The molecule has 0 spiro atoms. The predicted octanol–water partition coefficient (Wildman–Crippen LogP) is 3.07. The monoisotopic (exact) mass is 218 g/mol. The quantitative estimate of drug-likeness (QED) is 0.787. The Kier molecular flexibility index (Phi) is 3.37. The van der Waals surface area contributed by atoms with E-state index >= 15 is 0 Å². The number of hydrogen-bond acceptors (Lipinski definition) is 2. The van der Waals surface area contributed by atoms with E-state index in [1.807, 2.05) is 6.07 Å². The van der Waals surface area contributed by atoms with Gasteiger partial charge in [0.25, 0.3) is 0 Å². The lowest BCUT2D eigenvalue weighted by atomic mass is 10.1. The summed E-state index contributed by atoms with van der Waals surface area (Å²) in [5.74, 6) is 0.786. The van der Waals surface area contributed by atoms with Crippen molar-refractivity contribution in [2.75, 3.05) is 23.7 Å². The fourth-order valence-electron chi connectivity index (χ4n) is 2.64. The molecular formula is C14H22N2. The second kappa shape index (κ2) is 4.77. The zero-order valence-corrected chi connectivity index (χ0v) is 10.4. The van der Waals surface area contributed by atoms with Crippen LogP contribution >= 0.6 is 0 Å². The number of hydrogen-bond donors (Lipinski definition) is 1. The van der Waals surface area contributed by atoms with Crippen molar-refractivity contribution in [3.8, 4) is 0 Å². The summed E-state index contributed by atoms with van der Waals surface area (Å²) in [7, 11) is 0. The number of benzene rings is 1. The summed E-state index contributed by atoms with van der Waals surface area (Å²) in [5, 5.41) is 0. The Morgan fingerprint density at radius 2 is 2.25 bits per heavy atom. The van der Waals surface area contributed by atoms with Gasteiger partial charge >= 0.3 is 0 Å². The third-order valence-electron chi connectivity index (χ3n) is 3.41. The number of anilines is 2. The molecular weight excluding hydrogens is 196 g/mol. The Morgan fingerprint density at radius 3 is 3.00 bits per heavy atom. The first-order valence-corrected chi connectivity index (χ1v) is 6.34. The first kappa shape index (κ1) is 11.3. The Balaban J connectivity index is 2.06. The maximum atomic E-state index is 5.81. The van der Waals surface area contributed by atoms with Crippen LogP contribution in [-0.4, -0.2) is 13.1 Å². The highest BCUT2D eigenvalue weighted by Gasteiger charge is 2.20. The molecule has 1 aromatic carbocycles. The third kappa shape index (κ3) is 2.31. The SMILES string of the molecule is CCCC(C)CN1CCc2cc(N)ccc21. The number of rotatable bonds is 4. The zero-order valence-electron chi connectivity index (χ0n) is 10.4. The van der Waals surface area contributed by atoms with Crippen molar-refractivity contribution in [1.82, 2.24) is 0 Å². The van der Waals surface area contributed by atoms with Crippen LogP contribution in [0.25, 0.3) is 0 Å². The Bertz CT molecular complexity index is 360. The van der Waals surface area contributed by atoms with Gasteiger partial charge in [0.1, 0.15) is 0 Å². The summed E-state index contributed by atoms with van der Waals surface area (Å²) in [6.07, 6.45) is 3.75. The molecule has 0 aromatic heterocycles. The van der Waals surface area contributed by atoms with Crippen LogP contribution in [0.3, 0.4) is 0 Å². The van der Waals surface area contributed by atoms with E-state index in [0.29, 0.717) is 0 Å². The fraction of sp³-hybridized carbons (Fsp3) is 0.571. The molecule has 0 saturated carbocycles. The zero-order chi connectivity index (χ0) is 11.5. The van der Waals surface area contributed by atoms with Crippen molar-refractivity contribution in [2.24, 2.45) is 5.92 Å². The van der Waals surface area contributed by atoms with E-state index in [-0.39, 0.29) is 0 Å². The summed E-state index contributed by atoms with van der Waals surface area (Å²) in [6.45, 7) is 6.95. The molecule has 1 aliphatic rings. The average molecular weight is 218 g/mol. The minimum Gasteiger partial charge on any atom is -0.399 e. The molecule has 2 N–H and O–H groups in total. The van der Waals surface area contributed by atoms with Crippen LogP contribution in [0.1, 0.15) is 32.3 Å². The Labute approximate surface area is 98.4 Å². The van der Waals surface area contributed by atoms with E-state index in [1.54, 1.807) is 0 Å². The summed E-state index contributed by atoms with van der Waals surface area (Å²) in [5.41, 5.74) is 9.52. The summed E-state index contributed by atoms with van der Waals surface area (Å²) in [4.78, 5) is 2.51. The lowest BCUT2D eigenvalue weighted by Gasteiger charge is -2.23. The van der Waals surface area contributed by atoms with Crippen molar-refractivity contribution < 1.29 is 0 Å². The average Bonchev–Trinajstić information content (AvgIpc) is 2.61. The first-order valence-electron chi connectivity index (χ1n) is 6.34. The van der Waals surface area contributed by atoms with Crippen LogP contribution in [0.15, 0.2) is 18.2 Å². The van der Waals surface area contributed by atoms with Crippen LogP contribution in [-0.2, 0) is 6.42 Å². The van der Waals surface area contributed by atoms with Crippen molar-refractivity contribution in [3.05, 3.63) is 23.8 Å². The second-order valence-electron chi connectivity index (χ2n) is 4.98. The van der Waals surface area contributed by atoms with Gasteiger partial charge in [-0.1, -0.05) is 20.3 Å². The third-order valence-corrected chi connectivity index (χ3v) is 3.41. The highest BCUT2D eigenvalue weighted by molar-refractivity contribution is 5.62. The molecule has 0 fully saturated rings. The maximum Gasteiger partial charge on any atom is 0.0401 e. The molecule has 88 valence electrons. The standard InChI is InChI=1S/C14H22N2/c1-3-4-11(2)10-16-8-7-12-9-13(15)5-6-14(12)16/h5-6,9,11H,3-4,7-8,10,15H2,1-2H3. The second-order valence-corrected chi connectivity index (χ2v) is 4.98. The number of nitrogens with zero attached hydrogens (tertiary/aromatic N) is 1. The lowest BCUT2D eigenvalue weighted by molar-refractivity contribution is 0.517. The molecule has 0 aliphatic carbocycles. The van der Waals surface area contributed by atoms with Crippen LogP contribution < -0.4 is 10.6 Å². The van der Waals surface area contributed by atoms with Gasteiger partial charge in [-0.3, -0.25) is 0 Å². The molecule has 2 heteroatoms. The van der Waals surface area contributed by atoms with Crippen molar-refractivity contribution in [1.29, 1.82) is 0 Å². The van der Waals surface area contributed by atoms with Gasteiger partial charge in [-0.2, -0.15) is 0 Å². The van der Waals surface area contributed by atoms with Crippen molar-refractivity contribution >= 4 is 11.4 Å². The molecule has 1 unspecified atom stereocenters. The number of fused-ring (bicyclic) bond motifs is 1. The van der Waals surface area contributed by atoms with E-state index in [1.165, 1.54) is 30.6 Å². The van der Waals surface area contributed by atoms with Crippen LogP contribution in [0.2, 0.25) is 0 Å². The summed E-state index contributed by atoms with van der Waals surface area (Å²) < 4.78 is 0. The molecule has 0 bridgehead atoms. The highest BCUT2D eigenvalue weighted by Crippen LogP contribution is 2.30. The van der Waals surface area contributed by atoms with Crippen molar-refractivity contribution in [2.45, 2.75) is 33.1 Å². The Hall–Kier alpha value is -1.18.